The highest BCUT2D eigenvalue weighted by Gasteiger charge is 2.19. The van der Waals surface area contributed by atoms with Crippen LogP contribution in [-0.2, 0) is 0 Å². The summed E-state index contributed by atoms with van der Waals surface area (Å²) in [5.74, 6) is 0.559. The zero-order valence-electron chi connectivity index (χ0n) is 12.2. The molecule has 2 heterocycles. The Bertz CT molecular complexity index is 682. The van der Waals surface area contributed by atoms with E-state index in [0.717, 1.165) is 28.7 Å². The highest BCUT2D eigenvalue weighted by atomic mass is 32.2. The van der Waals surface area contributed by atoms with Gasteiger partial charge in [0, 0.05) is 24.5 Å². The number of nitro groups is 1. The molecule has 0 saturated carbocycles. The van der Waals surface area contributed by atoms with Crippen LogP contribution in [0, 0.1) is 30.9 Å². The summed E-state index contributed by atoms with van der Waals surface area (Å²) in [5.41, 5.74) is 2.68. The highest BCUT2D eigenvalue weighted by Crippen LogP contribution is 2.32. The third-order valence-corrected chi connectivity index (χ3v) is 3.95. The molecule has 110 valence electrons. The van der Waals surface area contributed by atoms with E-state index in [1.165, 1.54) is 6.07 Å². The molecule has 21 heavy (non-hydrogen) atoms. The highest BCUT2D eigenvalue weighted by molar-refractivity contribution is 7.99. The summed E-state index contributed by atoms with van der Waals surface area (Å²) in [5, 5.41) is 14.7. The number of nitrogens with zero attached hydrogens (tertiary/aromatic N) is 4. The smallest absolute Gasteiger partial charge is 0.301 e. The molecule has 2 rings (SSSR count). The van der Waals surface area contributed by atoms with Crippen molar-refractivity contribution in [1.82, 2.24) is 15.0 Å². The largest absolute Gasteiger partial charge is 0.373 e. The van der Waals surface area contributed by atoms with Crippen LogP contribution in [0.3, 0.4) is 0 Å². The summed E-state index contributed by atoms with van der Waals surface area (Å²) in [4.78, 5) is 23.6. The van der Waals surface area contributed by atoms with Crippen molar-refractivity contribution in [1.29, 1.82) is 0 Å². The fourth-order valence-corrected chi connectivity index (χ4v) is 2.59. The zero-order chi connectivity index (χ0) is 15.6. The summed E-state index contributed by atoms with van der Waals surface area (Å²) in [6, 6.07) is 2.99. The minimum atomic E-state index is -0.456. The van der Waals surface area contributed by atoms with E-state index in [1.54, 1.807) is 13.1 Å². The minimum absolute atomic E-state index is 0.0570. The van der Waals surface area contributed by atoms with E-state index in [9.17, 15) is 10.1 Å². The molecule has 2 aromatic heterocycles. The van der Waals surface area contributed by atoms with Crippen molar-refractivity contribution in [2.24, 2.45) is 0 Å². The van der Waals surface area contributed by atoms with Crippen LogP contribution in [0.1, 0.15) is 17.0 Å². The maximum absolute atomic E-state index is 11.1. The van der Waals surface area contributed by atoms with Crippen LogP contribution in [0.25, 0.3) is 0 Å². The topological polar surface area (TPSA) is 93.8 Å². The Morgan fingerprint density at radius 3 is 2.29 bits per heavy atom. The maximum Gasteiger partial charge on any atom is 0.301 e. The Morgan fingerprint density at radius 1 is 1.14 bits per heavy atom. The van der Waals surface area contributed by atoms with Crippen LogP contribution in [0.5, 0.6) is 0 Å². The van der Waals surface area contributed by atoms with Gasteiger partial charge in [-0.3, -0.25) is 10.1 Å². The summed E-state index contributed by atoms with van der Waals surface area (Å²) in [6.45, 7) is 5.72. The fraction of sp³-hybridized carbons (Fsp3) is 0.308. The van der Waals surface area contributed by atoms with E-state index in [4.69, 9.17) is 0 Å². The number of nitrogens with one attached hydrogen (secondary N) is 1. The summed E-state index contributed by atoms with van der Waals surface area (Å²) >= 11 is 1.09. The molecule has 7 nitrogen and oxygen atoms in total. The average molecular weight is 305 g/mol. The van der Waals surface area contributed by atoms with Gasteiger partial charge in [0.05, 0.1) is 4.92 Å². The summed E-state index contributed by atoms with van der Waals surface area (Å²) in [7, 11) is 1.71. The molecule has 1 N–H and O–H groups in total. The van der Waals surface area contributed by atoms with Crippen LogP contribution in [0.4, 0.5) is 11.5 Å². The minimum Gasteiger partial charge on any atom is -0.373 e. The van der Waals surface area contributed by atoms with E-state index < -0.39 is 4.92 Å². The predicted molar refractivity (Wildman–Crippen MR) is 80.8 cm³/mol. The van der Waals surface area contributed by atoms with Crippen LogP contribution in [0.15, 0.2) is 22.3 Å². The van der Waals surface area contributed by atoms with Crippen molar-refractivity contribution < 1.29 is 4.92 Å². The fourth-order valence-electron chi connectivity index (χ4n) is 1.66. The predicted octanol–water partition coefficient (Wildman–Crippen LogP) is 2.90. The van der Waals surface area contributed by atoms with E-state index in [2.05, 4.69) is 20.3 Å². The molecule has 0 aliphatic rings. The molecule has 0 fully saturated rings. The molecule has 0 aliphatic heterocycles. The number of hydrogen-bond acceptors (Lipinski definition) is 7. The first kappa shape index (κ1) is 15.2. The first-order chi connectivity index (χ1) is 9.92. The quantitative estimate of drug-likeness (QED) is 0.527. The van der Waals surface area contributed by atoms with E-state index >= 15 is 0 Å². The van der Waals surface area contributed by atoms with E-state index in [-0.39, 0.29) is 10.7 Å². The van der Waals surface area contributed by atoms with Gasteiger partial charge < -0.3 is 5.32 Å². The van der Waals surface area contributed by atoms with Crippen LogP contribution >= 0.6 is 11.8 Å². The second kappa shape index (κ2) is 6.04. The van der Waals surface area contributed by atoms with Gasteiger partial charge in [-0.25, -0.2) is 15.0 Å². The second-order valence-electron chi connectivity index (χ2n) is 4.43. The van der Waals surface area contributed by atoms with Gasteiger partial charge in [0.25, 0.3) is 0 Å². The van der Waals surface area contributed by atoms with Crippen LogP contribution < -0.4 is 5.32 Å². The Kier molecular flexibility index (Phi) is 4.37. The van der Waals surface area contributed by atoms with Crippen molar-refractivity contribution in [2.75, 3.05) is 12.4 Å². The zero-order valence-corrected chi connectivity index (χ0v) is 13.0. The first-order valence-corrected chi connectivity index (χ1v) is 7.07. The summed E-state index contributed by atoms with van der Waals surface area (Å²) < 4.78 is 0. The molecule has 0 aliphatic carbocycles. The third kappa shape index (κ3) is 3.27. The summed E-state index contributed by atoms with van der Waals surface area (Å²) in [6.07, 6.45) is 0. The van der Waals surface area contributed by atoms with Crippen molar-refractivity contribution in [3.05, 3.63) is 39.2 Å². The number of aromatic nitrogens is 3. The van der Waals surface area contributed by atoms with Gasteiger partial charge in [-0.1, -0.05) is 0 Å². The maximum atomic E-state index is 11.1. The first-order valence-electron chi connectivity index (χ1n) is 6.25. The molecule has 0 saturated heterocycles. The molecule has 0 bridgehead atoms. The number of anilines is 1. The lowest BCUT2D eigenvalue weighted by Crippen LogP contribution is -2.01. The lowest BCUT2D eigenvalue weighted by molar-refractivity contribution is -0.388. The molecule has 0 spiro atoms. The van der Waals surface area contributed by atoms with Gasteiger partial charge in [0.15, 0.2) is 10.2 Å². The molecule has 0 aromatic carbocycles. The van der Waals surface area contributed by atoms with Gasteiger partial charge in [-0.15, -0.1) is 0 Å². The average Bonchev–Trinajstić information content (AvgIpc) is 2.44. The van der Waals surface area contributed by atoms with Crippen molar-refractivity contribution in [3.8, 4) is 0 Å². The molecular weight excluding hydrogens is 290 g/mol. The third-order valence-electron chi connectivity index (χ3n) is 3.09. The normalized spacial score (nSPS) is 10.5. The van der Waals surface area contributed by atoms with Gasteiger partial charge in [0.1, 0.15) is 5.82 Å². The van der Waals surface area contributed by atoms with Gasteiger partial charge in [-0.05, 0) is 44.2 Å². The molecule has 0 amide bonds. The molecule has 0 unspecified atom stereocenters. The van der Waals surface area contributed by atoms with Gasteiger partial charge >= 0.3 is 5.69 Å². The van der Waals surface area contributed by atoms with Crippen LogP contribution in [0.2, 0.25) is 0 Å². The number of pyridine rings is 1. The number of rotatable bonds is 4. The second-order valence-corrected chi connectivity index (χ2v) is 5.39. The van der Waals surface area contributed by atoms with Gasteiger partial charge in [-0.2, -0.15) is 0 Å². The van der Waals surface area contributed by atoms with Crippen molar-refractivity contribution >= 4 is 23.3 Å². The lowest BCUT2D eigenvalue weighted by atomic mass is 10.2. The van der Waals surface area contributed by atoms with E-state index in [0.29, 0.717) is 11.0 Å². The van der Waals surface area contributed by atoms with E-state index in [1.807, 2.05) is 20.8 Å². The standard InChI is InChI=1S/C13H15N5O2S/c1-7-8(2)15-13(16-9(7)3)21-12-10(18(19)20)5-6-11(14-4)17-12/h5-6H,1-4H3,(H,14,17). The molecule has 8 heteroatoms. The van der Waals surface area contributed by atoms with Gasteiger partial charge in [0.2, 0.25) is 0 Å². The Labute approximate surface area is 126 Å². The van der Waals surface area contributed by atoms with Crippen LogP contribution in [-0.4, -0.2) is 26.9 Å². The Hall–Kier alpha value is -2.22. The molecule has 2 aromatic rings. The number of aryl methyl sites for hydroxylation is 2. The monoisotopic (exact) mass is 305 g/mol. The number of hydrogen-bond donors (Lipinski definition) is 1. The Morgan fingerprint density at radius 2 is 1.76 bits per heavy atom. The Balaban J connectivity index is 2.45. The molecule has 0 radical (unpaired) electrons. The van der Waals surface area contributed by atoms with Crippen molar-refractivity contribution in [3.63, 3.8) is 0 Å². The van der Waals surface area contributed by atoms with Crippen molar-refractivity contribution in [2.45, 2.75) is 31.0 Å². The lowest BCUT2D eigenvalue weighted by Gasteiger charge is -2.07. The SMILES string of the molecule is CNc1ccc([N+](=O)[O-])c(Sc2nc(C)c(C)c(C)n2)n1. The molecular formula is C13H15N5O2S. The molecule has 0 atom stereocenters.